The highest BCUT2D eigenvalue weighted by Crippen LogP contribution is 2.28. The Morgan fingerprint density at radius 2 is 2.11 bits per heavy atom. The lowest BCUT2D eigenvalue weighted by Gasteiger charge is -2.14. The molecule has 4 heteroatoms. The predicted octanol–water partition coefficient (Wildman–Crippen LogP) is 3.40. The molecule has 18 heavy (non-hydrogen) atoms. The Morgan fingerprint density at radius 3 is 2.72 bits per heavy atom. The highest BCUT2D eigenvalue weighted by Gasteiger charge is 2.16. The molecule has 0 saturated carbocycles. The van der Waals surface area contributed by atoms with Crippen LogP contribution in [0.15, 0.2) is 10.6 Å². The second kappa shape index (κ2) is 8.14. The Morgan fingerprint density at radius 1 is 1.33 bits per heavy atom. The second-order valence-electron chi connectivity index (χ2n) is 5.22. The summed E-state index contributed by atoms with van der Waals surface area (Å²) in [6.07, 6.45) is 4.70. The van der Waals surface area contributed by atoms with Gasteiger partial charge in [-0.25, -0.2) is 0 Å². The smallest absolute Gasteiger partial charge is 0.224 e. The van der Waals surface area contributed by atoms with Crippen LogP contribution in [0, 0.1) is 5.92 Å². The fourth-order valence-corrected chi connectivity index (χ4v) is 2.07. The second-order valence-corrected chi connectivity index (χ2v) is 5.22. The minimum absolute atomic E-state index is 0.0990. The number of nitrogens with zero attached hydrogens (tertiary/aromatic N) is 1. The number of aliphatic hydroxyl groups excluding tert-OH is 1. The zero-order valence-electron chi connectivity index (χ0n) is 11.8. The van der Waals surface area contributed by atoms with Crippen molar-refractivity contribution in [3.8, 4) is 0 Å². The first kappa shape index (κ1) is 15.0. The van der Waals surface area contributed by atoms with Gasteiger partial charge >= 0.3 is 0 Å². The number of nitrogens with one attached hydrogen (secondary N) is 1. The number of rotatable bonds is 9. The molecule has 1 aromatic heterocycles. The molecule has 0 saturated heterocycles. The SMILES string of the molecule is CCCC(CCC(C)C)c1cc(NCCO)on1. The first-order chi connectivity index (χ1) is 8.67. The number of hydrogen-bond donors (Lipinski definition) is 2. The van der Waals surface area contributed by atoms with Crippen molar-refractivity contribution in [2.75, 3.05) is 18.5 Å². The third-order valence-corrected chi connectivity index (χ3v) is 3.09. The predicted molar refractivity (Wildman–Crippen MR) is 73.8 cm³/mol. The molecule has 1 atom stereocenters. The van der Waals surface area contributed by atoms with Gasteiger partial charge in [-0.2, -0.15) is 0 Å². The summed E-state index contributed by atoms with van der Waals surface area (Å²) in [4.78, 5) is 0. The number of aromatic nitrogens is 1. The lowest BCUT2D eigenvalue weighted by atomic mass is 9.91. The first-order valence-electron chi connectivity index (χ1n) is 6.98. The molecule has 0 fully saturated rings. The summed E-state index contributed by atoms with van der Waals surface area (Å²) in [5.41, 5.74) is 1.04. The van der Waals surface area contributed by atoms with Gasteiger partial charge in [0.2, 0.25) is 5.88 Å². The quantitative estimate of drug-likeness (QED) is 0.709. The first-order valence-corrected chi connectivity index (χ1v) is 6.98. The third-order valence-electron chi connectivity index (χ3n) is 3.09. The van der Waals surface area contributed by atoms with Gasteiger partial charge in [0.1, 0.15) is 0 Å². The van der Waals surface area contributed by atoms with E-state index in [9.17, 15) is 0 Å². The van der Waals surface area contributed by atoms with Gasteiger partial charge in [-0.3, -0.25) is 0 Å². The Kier molecular flexibility index (Phi) is 6.80. The molecular weight excluding hydrogens is 228 g/mol. The van der Waals surface area contributed by atoms with Crippen LogP contribution in [0.2, 0.25) is 0 Å². The van der Waals surface area contributed by atoms with E-state index in [0.29, 0.717) is 18.3 Å². The van der Waals surface area contributed by atoms with E-state index in [1.165, 1.54) is 6.42 Å². The number of aliphatic hydroxyl groups is 1. The van der Waals surface area contributed by atoms with Crippen molar-refractivity contribution < 1.29 is 9.63 Å². The van der Waals surface area contributed by atoms with Crippen molar-refractivity contribution in [1.29, 1.82) is 0 Å². The van der Waals surface area contributed by atoms with E-state index in [1.54, 1.807) is 0 Å². The highest BCUT2D eigenvalue weighted by molar-refractivity contribution is 5.32. The summed E-state index contributed by atoms with van der Waals surface area (Å²) in [5.74, 6) is 1.87. The van der Waals surface area contributed by atoms with Gasteiger partial charge in [0, 0.05) is 18.5 Å². The fraction of sp³-hybridized carbons (Fsp3) is 0.786. The van der Waals surface area contributed by atoms with Crippen molar-refractivity contribution in [2.24, 2.45) is 5.92 Å². The molecule has 0 aliphatic heterocycles. The maximum Gasteiger partial charge on any atom is 0.224 e. The lowest BCUT2D eigenvalue weighted by Crippen LogP contribution is -2.04. The standard InChI is InChI=1S/C14H26N2O2/c1-4-5-12(7-6-11(2)3)13-10-14(18-16-13)15-8-9-17/h10-12,15,17H,4-9H2,1-3H3. The summed E-state index contributed by atoms with van der Waals surface area (Å²) in [5, 5.41) is 15.9. The zero-order valence-corrected chi connectivity index (χ0v) is 11.8. The van der Waals surface area contributed by atoms with Crippen molar-refractivity contribution >= 4 is 5.88 Å². The van der Waals surface area contributed by atoms with Crippen LogP contribution >= 0.6 is 0 Å². The maximum absolute atomic E-state index is 8.75. The summed E-state index contributed by atoms with van der Waals surface area (Å²) in [6, 6.07) is 1.97. The van der Waals surface area contributed by atoms with Crippen LogP contribution in [-0.4, -0.2) is 23.4 Å². The average molecular weight is 254 g/mol. The molecule has 0 aliphatic carbocycles. The van der Waals surface area contributed by atoms with Crippen molar-refractivity contribution in [2.45, 2.75) is 52.4 Å². The molecule has 1 aromatic rings. The zero-order chi connectivity index (χ0) is 13.4. The van der Waals surface area contributed by atoms with E-state index < -0.39 is 0 Å². The maximum atomic E-state index is 8.75. The van der Waals surface area contributed by atoms with Crippen LogP contribution in [0.1, 0.15) is 58.1 Å². The molecule has 0 radical (unpaired) electrons. The summed E-state index contributed by atoms with van der Waals surface area (Å²) >= 11 is 0. The molecule has 0 bridgehead atoms. The van der Waals surface area contributed by atoms with Crippen molar-refractivity contribution in [1.82, 2.24) is 5.16 Å². The Hall–Kier alpha value is -1.03. The molecule has 0 aliphatic rings. The van der Waals surface area contributed by atoms with Gasteiger partial charge in [0.15, 0.2) is 0 Å². The van der Waals surface area contributed by atoms with E-state index in [-0.39, 0.29) is 6.61 Å². The van der Waals surface area contributed by atoms with Gasteiger partial charge in [0.25, 0.3) is 0 Å². The molecule has 1 unspecified atom stereocenters. The molecule has 1 rings (SSSR count). The van der Waals surface area contributed by atoms with E-state index >= 15 is 0 Å². The van der Waals surface area contributed by atoms with Gasteiger partial charge in [-0.05, 0) is 18.8 Å². The van der Waals surface area contributed by atoms with Crippen LogP contribution in [0.4, 0.5) is 5.88 Å². The van der Waals surface area contributed by atoms with E-state index in [2.05, 4.69) is 31.2 Å². The van der Waals surface area contributed by atoms with Gasteiger partial charge in [-0.1, -0.05) is 38.8 Å². The summed E-state index contributed by atoms with van der Waals surface area (Å²) in [6.45, 7) is 7.30. The molecule has 4 nitrogen and oxygen atoms in total. The van der Waals surface area contributed by atoms with Crippen LogP contribution in [-0.2, 0) is 0 Å². The molecule has 0 amide bonds. The molecule has 2 N–H and O–H groups in total. The van der Waals surface area contributed by atoms with Crippen LogP contribution in [0.3, 0.4) is 0 Å². The summed E-state index contributed by atoms with van der Waals surface area (Å²) in [7, 11) is 0. The number of anilines is 1. The topological polar surface area (TPSA) is 58.3 Å². The van der Waals surface area contributed by atoms with Gasteiger partial charge in [0.05, 0.1) is 12.3 Å². The van der Waals surface area contributed by atoms with Crippen molar-refractivity contribution in [3.63, 3.8) is 0 Å². The molecule has 0 spiro atoms. The lowest BCUT2D eigenvalue weighted by molar-refractivity contribution is 0.308. The molecule has 104 valence electrons. The molecule has 0 aromatic carbocycles. The number of hydrogen-bond acceptors (Lipinski definition) is 4. The van der Waals surface area contributed by atoms with E-state index in [1.807, 2.05) is 6.07 Å². The Balaban J connectivity index is 2.57. The van der Waals surface area contributed by atoms with Gasteiger partial charge < -0.3 is 14.9 Å². The van der Waals surface area contributed by atoms with Gasteiger partial charge in [-0.15, -0.1) is 0 Å². The van der Waals surface area contributed by atoms with Crippen LogP contribution in [0.25, 0.3) is 0 Å². The minimum atomic E-state index is 0.0990. The fourth-order valence-electron chi connectivity index (χ4n) is 2.07. The largest absolute Gasteiger partial charge is 0.395 e. The normalized spacial score (nSPS) is 12.9. The highest BCUT2D eigenvalue weighted by atomic mass is 16.5. The van der Waals surface area contributed by atoms with Crippen molar-refractivity contribution in [3.05, 3.63) is 11.8 Å². The summed E-state index contributed by atoms with van der Waals surface area (Å²) < 4.78 is 5.23. The minimum Gasteiger partial charge on any atom is -0.395 e. The monoisotopic (exact) mass is 254 g/mol. The molecule has 1 heterocycles. The van der Waals surface area contributed by atoms with Crippen LogP contribution < -0.4 is 5.32 Å². The molecular formula is C14H26N2O2. The Bertz CT molecular complexity index is 323. The van der Waals surface area contributed by atoms with E-state index in [0.717, 1.165) is 30.9 Å². The average Bonchev–Trinajstić information content (AvgIpc) is 2.80. The third kappa shape index (κ3) is 5.08. The Labute approximate surface area is 110 Å². The van der Waals surface area contributed by atoms with E-state index in [4.69, 9.17) is 9.63 Å². The van der Waals surface area contributed by atoms with Crippen LogP contribution in [0.5, 0.6) is 0 Å².